The predicted octanol–water partition coefficient (Wildman–Crippen LogP) is 0.774. The number of nitrogens with one attached hydrogen (secondary N) is 3. The Kier molecular flexibility index (Phi) is 4.69. The third-order valence-electron chi connectivity index (χ3n) is 5.42. The summed E-state index contributed by atoms with van der Waals surface area (Å²) in [7, 11) is 0. The highest BCUT2D eigenvalue weighted by atomic mass is 16.5. The fourth-order valence-electron chi connectivity index (χ4n) is 3.88. The summed E-state index contributed by atoms with van der Waals surface area (Å²) in [5.41, 5.74) is 11.6. The van der Waals surface area contributed by atoms with Gasteiger partial charge in [0.15, 0.2) is 0 Å². The number of fused-ring (bicyclic) bond motifs is 1. The number of ether oxygens (including phenoxy) is 1. The van der Waals surface area contributed by atoms with Crippen LogP contribution in [0.2, 0.25) is 0 Å². The van der Waals surface area contributed by atoms with Crippen molar-refractivity contribution in [3.63, 3.8) is 0 Å². The lowest BCUT2D eigenvalue weighted by atomic mass is 9.97. The summed E-state index contributed by atoms with van der Waals surface area (Å²) < 4.78 is 6.03. The van der Waals surface area contributed by atoms with E-state index in [2.05, 4.69) is 34.6 Å². The van der Waals surface area contributed by atoms with Gasteiger partial charge in [0, 0.05) is 19.6 Å². The van der Waals surface area contributed by atoms with Crippen LogP contribution >= 0.6 is 0 Å². The zero-order valence-corrected chi connectivity index (χ0v) is 14.0. The number of amides is 1. The Balaban J connectivity index is 1.24. The highest BCUT2D eigenvalue weighted by Crippen LogP contribution is 2.27. The molecule has 0 spiro atoms. The summed E-state index contributed by atoms with van der Waals surface area (Å²) in [5.74, 6) is 1.72. The molecule has 1 aromatic rings. The lowest BCUT2D eigenvalue weighted by molar-refractivity contribution is -0.134. The van der Waals surface area contributed by atoms with E-state index in [1.54, 1.807) is 0 Å². The SMILES string of the molecule is O=C(C1CNNN1)N1CCC(COc2ccc3c(c2)CCC3)CC1. The van der Waals surface area contributed by atoms with E-state index >= 15 is 0 Å². The molecule has 2 heterocycles. The second kappa shape index (κ2) is 7.09. The van der Waals surface area contributed by atoms with Crippen molar-refractivity contribution in [2.75, 3.05) is 26.2 Å². The van der Waals surface area contributed by atoms with Crippen LogP contribution in [0.4, 0.5) is 0 Å². The summed E-state index contributed by atoms with van der Waals surface area (Å²) in [6.07, 6.45) is 5.70. The van der Waals surface area contributed by atoms with Crippen LogP contribution in [0.5, 0.6) is 5.75 Å². The molecule has 4 rings (SSSR count). The zero-order valence-electron chi connectivity index (χ0n) is 14.0. The summed E-state index contributed by atoms with van der Waals surface area (Å²) in [6.45, 7) is 3.05. The Morgan fingerprint density at radius 2 is 2.04 bits per heavy atom. The second-order valence-corrected chi connectivity index (χ2v) is 7.07. The first-order valence-corrected chi connectivity index (χ1v) is 9.06. The molecule has 1 aromatic carbocycles. The van der Waals surface area contributed by atoms with Crippen molar-refractivity contribution in [2.24, 2.45) is 5.92 Å². The zero-order chi connectivity index (χ0) is 16.4. The fraction of sp³-hybridized carbons (Fsp3) is 0.611. The molecule has 1 aliphatic carbocycles. The van der Waals surface area contributed by atoms with Crippen LogP contribution in [0.1, 0.15) is 30.4 Å². The minimum Gasteiger partial charge on any atom is -0.493 e. The van der Waals surface area contributed by atoms with E-state index in [9.17, 15) is 4.79 Å². The summed E-state index contributed by atoms with van der Waals surface area (Å²) in [4.78, 5) is 14.3. The second-order valence-electron chi connectivity index (χ2n) is 7.07. The third kappa shape index (κ3) is 3.41. The van der Waals surface area contributed by atoms with Crippen LogP contribution in [0.3, 0.4) is 0 Å². The van der Waals surface area contributed by atoms with E-state index in [0.717, 1.165) is 38.3 Å². The standard InChI is InChI=1S/C18H26N4O2/c23-18(17-11-19-21-20-17)22-8-6-13(7-9-22)12-24-16-5-4-14-2-1-3-15(14)10-16/h4-5,10,13,17,19-21H,1-3,6-9,11-12H2. The number of carbonyl (C=O) groups is 1. The number of benzene rings is 1. The number of likely N-dealkylation sites (tertiary alicyclic amines) is 1. The highest BCUT2D eigenvalue weighted by Gasteiger charge is 2.30. The van der Waals surface area contributed by atoms with Gasteiger partial charge in [0.1, 0.15) is 11.8 Å². The maximum atomic E-state index is 12.3. The van der Waals surface area contributed by atoms with E-state index in [0.29, 0.717) is 12.5 Å². The molecule has 0 radical (unpaired) electrons. The number of hydrogen-bond acceptors (Lipinski definition) is 5. The molecule has 2 saturated heterocycles. The summed E-state index contributed by atoms with van der Waals surface area (Å²) >= 11 is 0. The molecule has 2 aliphatic heterocycles. The van der Waals surface area contributed by atoms with Gasteiger partial charge in [-0.3, -0.25) is 4.79 Å². The average Bonchev–Trinajstić information content (AvgIpc) is 3.31. The third-order valence-corrected chi connectivity index (χ3v) is 5.42. The molecule has 6 heteroatoms. The maximum absolute atomic E-state index is 12.3. The van der Waals surface area contributed by atoms with E-state index in [-0.39, 0.29) is 11.9 Å². The van der Waals surface area contributed by atoms with Crippen molar-refractivity contribution in [1.82, 2.24) is 21.3 Å². The normalized spacial score (nSPS) is 24.2. The number of piperidine rings is 1. The molecule has 0 bridgehead atoms. The minimum atomic E-state index is -0.149. The molecule has 3 N–H and O–H groups in total. The molecule has 130 valence electrons. The molecular formula is C18H26N4O2. The van der Waals surface area contributed by atoms with Crippen LogP contribution in [0.15, 0.2) is 18.2 Å². The van der Waals surface area contributed by atoms with Crippen LogP contribution in [-0.2, 0) is 17.6 Å². The van der Waals surface area contributed by atoms with Crippen molar-refractivity contribution in [3.8, 4) is 5.75 Å². The molecule has 2 fully saturated rings. The molecular weight excluding hydrogens is 304 g/mol. The monoisotopic (exact) mass is 330 g/mol. The van der Waals surface area contributed by atoms with E-state index in [1.165, 1.54) is 30.4 Å². The largest absolute Gasteiger partial charge is 0.493 e. The highest BCUT2D eigenvalue weighted by molar-refractivity contribution is 5.82. The number of rotatable bonds is 4. The van der Waals surface area contributed by atoms with Gasteiger partial charge >= 0.3 is 0 Å². The number of carbonyl (C=O) groups excluding carboxylic acids is 1. The van der Waals surface area contributed by atoms with Crippen molar-refractivity contribution in [1.29, 1.82) is 0 Å². The molecule has 6 nitrogen and oxygen atoms in total. The van der Waals surface area contributed by atoms with Gasteiger partial charge in [-0.25, -0.2) is 10.9 Å². The topological polar surface area (TPSA) is 65.6 Å². The van der Waals surface area contributed by atoms with Crippen LogP contribution in [0, 0.1) is 5.92 Å². The van der Waals surface area contributed by atoms with Crippen LogP contribution in [0.25, 0.3) is 0 Å². The first kappa shape index (κ1) is 15.9. The van der Waals surface area contributed by atoms with Gasteiger partial charge in [0.05, 0.1) is 6.61 Å². The van der Waals surface area contributed by atoms with Crippen molar-refractivity contribution in [3.05, 3.63) is 29.3 Å². The van der Waals surface area contributed by atoms with Gasteiger partial charge in [0.2, 0.25) is 5.91 Å². The maximum Gasteiger partial charge on any atom is 0.242 e. The van der Waals surface area contributed by atoms with Gasteiger partial charge in [-0.1, -0.05) is 6.07 Å². The summed E-state index contributed by atoms with van der Waals surface area (Å²) in [6, 6.07) is 6.39. The molecule has 1 atom stereocenters. The Labute approximate surface area is 142 Å². The first-order valence-electron chi connectivity index (χ1n) is 9.06. The predicted molar refractivity (Wildman–Crippen MR) is 91.3 cm³/mol. The average molecular weight is 330 g/mol. The Hall–Kier alpha value is -1.63. The van der Waals surface area contributed by atoms with Gasteiger partial charge in [-0.2, -0.15) is 5.53 Å². The van der Waals surface area contributed by atoms with E-state index in [4.69, 9.17) is 4.74 Å². The summed E-state index contributed by atoms with van der Waals surface area (Å²) in [5, 5.41) is 0. The molecule has 3 aliphatic rings. The van der Waals surface area contributed by atoms with Crippen molar-refractivity contribution in [2.45, 2.75) is 38.1 Å². The lowest BCUT2D eigenvalue weighted by Gasteiger charge is -2.33. The van der Waals surface area contributed by atoms with E-state index < -0.39 is 0 Å². The van der Waals surface area contributed by atoms with Crippen molar-refractivity contribution < 1.29 is 9.53 Å². The Morgan fingerprint density at radius 1 is 1.21 bits per heavy atom. The van der Waals surface area contributed by atoms with Crippen LogP contribution < -0.4 is 21.1 Å². The molecule has 1 amide bonds. The smallest absolute Gasteiger partial charge is 0.242 e. The number of aryl methyl sites for hydroxylation is 2. The fourth-order valence-corrected chi connectivity index (χ4v) is 3.88. The van der Waals surface area contributed by atoms with Gasteiger partial charge in [0.25, 0.3) is 0 Å². The molecule has 1 unspecified atom stereocenters. The van der Waals surface area contributed by atoms with Crippen molar-refractivity contribution >= 4 is 5.91 Å². The Bertz CT molecular complexity index is 593. The molecule has 0 saturated carbocycles. The quantitative estimate of drug-likeness (QED) is 0.761. The van der Waals surface area contributed by atoms with Gasteiger partial charge in [-0.05, 0) is 61.3 Å². The lowest BCUT2D eigenvalue weighted by Crippen LogP contribution is -2.49. The number of hydrogen-bond donors (Lipinski definition) is 3. The van der Waals surface area contributed by atoms with Gasteiger partial charge < -0.3 is 9.64 Å². The molecule has 24 heavy (non-hydrogen) atoms. The number of hydrazine groups is 2. The molecule has 0 aromatic heterocycles. The van der Waals surface area contributed by atoms with Gasteiger partial charge in [-0.15, -0.1) is 0 Å². The minimum absolute atomic E-state index is 0.149. The Morgan fingerprint density at radius 3 is 2.83 bits per heavy atom. The van der Waals surface area contributed by atoms with E-state index in [1.807, 2.05) is 4.90 Å². The first-order chi connectivity index (χ1) is 11.8. The number of nitrogens with zero attached hydrogens (tertiary/aromatic N) is 1. The van der Waals surface area contributed by atoms with Crippen LogP contribution in [-0.4, -0.2) is 43.1 Å².